The van der Waals surface area contributed by atoms with Gasteiger partial charge >= 0.3 is 0 Å². The van der Waals surface area contributed by atoms with E-state index in [1.165, 1.54) is 6.07 Å². The maximum atomic E-state index is 14.6. The first-order valence-corrected chi connectivity index (χ1v) is 11.5. The Hall–Kier alpha value is -2.21. The Morgan fingerprint density at radius 1 is 1.10 bits per heavy atom. The van der Waals surface area contributed by atoms with E-state index >= 15 is 0 Å². The van der Waals surface area contributed by atoms with Crippen LogP contribution in [0, 0.1) is 11.7 Å². The van der Waals surface area contributed by atoms with Gasteiger partial charge in [0.2, 0.25) is 5.91 Å². The second-order valence-electron chi connectivity index (χ2n) is 8.68. The number of piperazine rings is 1. The molecule has 7 heteroatoms. The van der Waals surface area contributed by atoms with E-state index in [0.29, 0.717) is 43.2 Å². The summed E-state index contributed by atoms with van der Waals surface area (Å²) < 4.78 is 14.6. The molecule has 0 unspecified atom stereocenters. The van der Waals surface area contributed by atoms with Crippen molar-refractivity contribution in [2.24, 2.45) is 5.92 Å². The second kappa shape index (κ2) is 9.94. The summed E-state index contributed by atoms with van der Waals surface area (Å²) in [7, 11) is 0. The molecule has 1 aliphatic rings. The summed E-state index contributed by atoms with van der Waals surface area (Å²) in [6, 6.07) is 4.77. The molecule has 2 aromatic rings. The number of carbonyl (C=O) groups excluding carboxylic acids is 1. The molecule has 1 aromatic carbocycles. The van der Waals surface area contributed by atoms with Crippen molar-refractivity contribution in [2.45, 2.75) is 53.4 Å². The molecular formula is C24H32ClFN4O. The monoisotopic (exact) mass is 446 g/mol. The fourth-order valence-corrected chi connectivity index (χ4v) is 4.14. The quantitative estimate of drug-likeness (QED) is 0.636. The van der Waals surface area contributed by atoms with Crippen molar-refractivity contribution in [3.05, 3.63) is 51.7 Å². The van der Waals surface area contributed by atoms with Crippen LogP contribution in [0.5, 0.6) is 0 Å². The summed E-state index contributed by atoms with van der Waals surface area (Å²) in [5.41, 5.74) is 2.31. The second-order valence-corrected chi connectivity index (χ2v) is 9.09. The van der Waals surface area contributed by atoms with Crippen molar-refractivity contribution >= 4 is 23.3 Å². The Labute approximate surface area is 189 Å². The van der Waals surface area contributed by atoms with Crippen molar-refractivity contribution in [3.63, 3.8) is 0 Å². The van der Waals surface area contributed by atoms with Crippen molar-refractivity contribution in [1.29, 1.82) is 0 Å². The zero-order valence-corrected chi connectivity index (χ0v) is 19.8. The number of rotatable bonds is 6. The zero-order valence-electron chi connectivity index (χ0n) is 19.1. The summed E-state index contributed by atoms with van der Waals surface area (Å²) in [5, 5.41) is 0.410. The van der Waals surface area contributed by atoms with Crippen LogP contribution >= 0.6 is 11.6 Å². The lowest BCUT2D eigenvalue weighted by Crippen LogP contribution is -2.50. The lowest BCUT2D eigenvalue weighted by molar-refractivity contribution is -0.134. The first-order chi connectivity index (χ1) is 14.7. The molecule has 1 saturated heterocycles. The highest BCUT2D eigenvalue weighted by Gasteiger charge is 2.27. The van der Waals surface area contributed by atoms with Gasteiger partial charge in [0.1, 0.15) is 17.5 Å². The van der Waals surface area contributed by atoms with Crippen LogP contribution in [0.2, 0.25) is 5.02 Å². The Kier molecular flexibility index (Phi) is 7.52. The molecule has 3 rings (SSSR count). The van der Waals surface area contributed by atoms with Gasteiger partial charge in [0.25, 0.3) is 0 Å². The summed E-state index contributed by atoms with van der Waals surface area (Å²) in [5.74, 6) is 1.66. The summed E-state index contributed by atoms with van der Waals surface area (Å²) in [4.78, 5) is 26.2. The van der Waals surface area contributed by atoms with Crippen molar-refractivity contribution in [3.8, 4) is 0 Å². The average molecular weight is 447 g/mol. The van der Waals surface area contributed by atoms with Gasteiger partial charge in [-0.25, -0.2) is 14.4 Å². The number of aryl methyl sites for hydroxylation is 1. The van der Waals surface area contributed by atoms with E-state index in [-0.39, 0.29) is 23.6 Å². The molecule has 0 saturated carbocycles. The first-order valence-electron chi connectivity index (χ1n) is 11.1. The Morgan fingerprint density at radius 2 is 1.77 bits per heavy atom. The molecule has 0 bridgehead atoms. The lowest BCUT2D eigenvalue weighted by Gasteiger charge is -2.37. The maximum Gasteiger partial charge on any atom is 0.225 e. The van der Waals surface area contributed by atoms with Crippen molar-refractivity contribution in [1.82, 2.24) is 14.9 Å². The number of amides is 1. The highest BCUT2D eigenvalue weighted by atomic mass is 35.5. The van der Waals surface area contributed by atoms with Crippen LogP contribution in [-0.2, 0) is 17.6 Å². The van der Waals surface area contributed by atoms with E-state index in [9.17, 15) is 9.18 Å². The minimum atomic E-state index is -0.319. The molecule has 1 aromatic heterocycles. The summed E-state index contributed by atoms with van der Waals surface area (Å²) in [6.07, 6.45) is 1.07. The van der Waals surface area contributed by atoms with E-state index in [0.717, 1.165) is 29.3 Å². The minimum absolute atomic E-state index is 0.0106. The van der Waals surface area contributed by atoms with Crippen LogP contribution in [0.1, 0.15) is 63.2 Å². The van der Waals surface area contributed by atoms with Gasteiger partial charge in [0.15, 0.2) is 0 Å². The zero-order chi connectivity index (χ0) is 22.7. The highest BCUT2D eigenvalue weighted by Crippen LogP contribution is 2.31. The molecule has 2 heterocycles. The Bertz CT molecular complexity index is 919. The van der Waals surface area contributed by atoms with E-state index in [1.807, 2.05) is 18.7 Å². The number of anilines is 1. The standard InChI is InChI=1S/C24H32ClFN4O/c1-6-21-18(14-17-19(25)8-7-9-20(17)26)23(28-22(27-21)15(2)3)29-10-12-30(13-11-29)24(31)16(4)5/h7-9,15-16H,6,10-14H2,1-5H3. The topological polar surface area (TPSA) is 49.3 Å². The fraction of sp³-hybridized carbons (Fsp3) is 0.542. The summed E-state index contributed by atoms with van der Waals surface area (Å²) >= 11 is 6.34. The van der Waals surface area contributed by atoms with Gasteiger partial charge in [-0.05, 0) is 18.6 Å². The molecule has 1 amide bonds. The third kappa shape index (κ3) is 5.17. The number of hydrogen-bond donors (Lipinski definition) is 0. The van der Waals surface area contributed by atoms with Gasteiger partial charge in [0.05, 0.1) is 0 Å². The maximum absolute atomic E-state index is 14.6. The van der Waals surface area contributed by atoms with Crippen LogP contribution in [0.3, 0.4) is 0 Å². The largest absolute Gasteiger partial charge is 0.353 e. The predicted molar refractivity (Wildman–Crippen MR) is 123 cm³/mol. The van der Waals surface area contributed by atoms with Gasteiger partial charge in [0, 0.05) is 66.3 Å². The third-order valence-corrected chi connectivity index (χ3v) is 6.09. The molecule has 168 valence electrons. The van der Waals surface area contributed by atoms with Crippen LogP contribution < -0.4 is 4.90 Å². The first kappa shape index (κ1) is 23.5. The molecule has 0 radical (unpaired) electrons. The normalized spacial score (nSPS) is 14.6. The SMILES string of the molecule is CCc1nc(C(C)C)nc(N2CCN(C(=O)C(C)C)CC2)c1Cc1c(F)cccc1Cl. The highest BCUT2D eigenvalue weighted by molar-refractivity contribution is 6.31. The molecule has 0 atom stereocenters. The molecule has 31 heavy (non-hydrogen) atoms. The van der Waals surface area contributed by atoms with Crippen molar-refractivity contribution < 1.29 is 9.18 Å². The van der Waals surface area contributed by atoms with Gasteiger partial charge in [-0.15, -0.1) is 0 Å². The Balaban J connectivity index is 2.00. The van der Waals surface area contributed by atoms with E-state index in [1.54, 1.807) is 12.1 Å². The van der Waals surface area contributed by atoms with Gasteiger partial charge in [-0.1, -0.05) is 52.3 Å². The number of benzene rings is 1. The molecule has 0 aliphatic carbocycles. The molecule has 0 N–H and O–H groups in total. The molecule has 0 spiro atoms. The number of nitrogens with zero attached hydrogens (tertiary/aromatic N) is 4. The van der Waals surface area contributed by atoms with Crippen molar-refractivity contribution in [2.75, 3.05) is 31.1 Å². The summed E-state index contributed by atoms with van der Waals surface area (Å²) in [6.45, 7) is 12.7. The van der Waals surface area contributed by atoms with E-state index < -0.39 is 0 Å². The van der Waals surface area contributed by atoms with Crippen LogP contribution in [0.15, 0.2) is 18.2 Å². The van der Waals surface area contributed by atoms with Gasteiger partial charge < -0.3 is 9.80 Å². The van der Waals surface area contributed by atoms with Crippen LogP contribution in [-0.4, -0.2) is 47.0 Å². The molecule has 1 fully saturated rings. The fourth-order valence-electron chi connectivity index (χ4n) is 3.91. The van der Waals surface area contributed by atoms with Crippen LogP contribution in [0.25, 0.3) is 0 Å². The average Bonchev–Trinajstić information content (AvgIpc) is 2.75. The van der Waals surface area contributed by atoms with Crippen LogP contribution in [0.4, 0.5) is 10.2 Å². The van der Waals surface area contributed by atoms with Gasteiger partial charge in [-0.2, -0.15) is 0 Å². The lowest BCUT2D eigenvalue weighted by atomic mass is 10.0. The third-order valence-electron chi connectivity index (χ3n) is 5.74. The van der Waals surface area contributed by atoms with E-state index in [2.05, 4.69) is 25.7 Å². The Morgan fingerprint density at radius 3 is 2.32 bits per heavy atom. The van der Waals surface area contributed by atoms with E-state index in [4.69, 9.17) is 21.6 Å². The smallest absolute Gasteiger partial charge is 0.225 e. The molecule has 1 aliphatic heterocycles. The predicted octanol–water partition coefficient (Wildman–Crippen LogP) is 4.85. The number of aromatic nitrogens is 2. The molecular weight excluding hydrogens is 415 g/mol. The molecule has 5 nitrogen and oxygen atoms in total. The van der Waals surface area contributed by atoms with Gasteiger partial charge in [-0.3, -0.25) is 4.79 Å². The number of halogens is 2. The minimum Gasteiger partial charge on any atom is -0.353 e. The number of carbonyl (C=O) groups is 1. The number of hydrogen-bond acceptors (Lipinski definition) is 4.